The van der Waals surface area contributed by atoms with E-state index in [0.717, 1.165) is 18.2 Å². The van der Waals surface area contributed by atoms with Crippen LogP contribution in [0, 0.1) is 11.6 Å². The molecular formula is C13H10F2N4O3. The maximum atomic E-state index is 13.2. The number of hydrogen-bond donors (Lipinski definition) is 1. The van der Waals surface area contributed by atoms with Crippen LogP contribution in [0.4, 0.5) is 8.78 Å². The van der Waals surface area contributed by atoms with Gasteiger partial charge in [-0.25, -0.2) is 18.3 Å². The minimum atomic E-state index is -1.35. The van der Waals surface area contributed by atoms with Crippen molar-refractivity contribution in [2.24, 2.45) is 0 Å². The average Bonchev–Trinajstić information content (AvgIpc) is 2.85. The van der Waals surface area contributed by atoms with Gasteiger partial charge in [-0.1, -0.05) is 5.21 Å². The molecule has 2 heterocycles. The summed E-state index contributed by atoms with van der Waals surface area (Å²) >= 11 is 0. The Morgan fingerprint density at radius 1 is 1.23 bits per heavy atom. The molecule has 3 rings (SSSR count). The third-order valence-corrected chi connectivity index (χ3v) is 3.30. The van der Waals surface area contributed by atoms with Crippen LogP contribution in [-0.2, 0) is 13.1 Å². The topological polar surface area (TPSA) is 88.3 Å². The lowest BCUT2D eigenvalue weighted by atomic mass is 10.1. The maximum absolute atomic E-state index is 13.2. The Balaban J connectivity index is 1.89. The molecule has 1 aliphatic heterocycles. The number of amides is 1. The molecule has 0 radical (unpaired) electrons. The normalized spacial score (nSPS) is 14.1. The van der Waals surface area contributed by atoms with Crippen molar-refractivity contribution in [3.63, 3.8) is 0 Å². The van der Waals surface area contributed by atoms with Gasteiger partial charge in [0, 0.05) is 19.2 Å². The second-order valence-electron chi connectivity index (χ2n) is 4.82. The zero-order valence-electron chi connectivity index (χ0n) is 11.2. The van der Waals surface area contributed by atoms with E-state index < -0.39 is 29.2 Å². The molecule has 0 atom stereocenters. The first-order valence-corrected chi connectivity index (χ1v) is 6.36. The Bertz CT molecular complexity index is 754. The number of rotatable bonds is 3. The molecule has 114 valence electrons. The molecule has 7 nitrogen and oxygen atoms in total. The van der Waals surface area contributed by atoms with Gasteiger partial charge in [0.15, 0.2) is 5.69 Å². The number of aromatic nitrogens is 3. The van der Waals surface area contributed by atoms with Crippen molar-refractivity contribution >= 4 is 11.9 Å². The number of benzene rings is 1. The molecule has 0 fully saturated rings. The Hall–Kier alpha value is -2.84. The van der Waals surface area contributed by atoms with Crippen LogP contribution in [0.1, 0.15) is 26.5 Å². The fraction of sp³-hybridized carbons (Fsp3) is 0.231. The first-order chi connectivity index (χ1) is 10.5. The highest BCUT2D eigenvalue weighted by atomic mass is 19.1. The molecule has 0 saturated heterocycles. The number of carboxylic acids is 1. The van der Waals surface area contributed by atoms with Gasteiger partial charge in [-0.15, -0.1) is 5.10 Å². The van der Waals surface area contributed by atoms with Gasteiger partial charge in [-0.3, -0.25) is 4.79 Å². The van der Waals surface area contributed by atoms with Crippen molar-refractivity contribution in [2.75, 3.05) is 6.54 Å². The van der Waals surface area contributed by atoms with Gasteiger partial charge in [-0.2, -0.15) is 0 Å². The van der Waals surface area contributed by atoms with Crippen LogP contribution >= 0.6 is 0 Å². The van der Waals surface area contributed by atoms with E-state index in [4.69, 9.17) is 5.11 Å². The number of carbonyl (C=O) groups is 2. The van der Waals surface area contributed by atoms with E-state index in [1.807, 2.05) is 0 Å². The summed E-state index contributed by atoms with van der Waals surface area (Å²) in [4.78, 5) is 24.7. The highest BCUT2D eigenvalue weighted by Gasteiger charge is 2.32. The quantitative estimate of drug-likeness (QED) is 0.910. The van der Waals surface area contributed by atoms with Gasteiger partial charge in [0.25, 0.3) is 5.91 Å². The van der Waals surface area contributed by atoms with E-state index >= 15 is 0 Å². The predicted molar refractivity (Wildman–Crippen MR) is 68.1 cm³/mol. The highest BCUT2D eigenvalue weighted by molar-refractivity contribution is 6.02. The van der Waals surface area contributed by atoms with E-state index in [1.54, 1.807) is 0 Å². The summed E-state index contributed by atoms with van der Waals surface area (Å²) in [5.74, 6) is -3.42. The fourth-order valence-corrected chi connectivity index (χ4v) is 2.37. The van der Waals surface area contributed by atoms with Crippen molar-refractivity contribution in [1.29, 1.82) is 0 Å². The summed E-state index contributed by atoms with van der Waals surface area (Å²) in [6.45, 7) is 0.475. The number of carboxylic acid groups (broad SMARTS) is 1. The Labute approximate surface area is 122 Å². The third-order valence-electron chi connectivity index (χ3n) is 3.30. The second kappa shape index (κ2) is 5.17. The van der Waals surface area contributed by atoms with Gasteiger partial charge < -0.3 is 10.0 Å². The highest BCUT2D eigenvalue weighted by Crippen LogP contribution is 2.18. The minimum absolute atomic E-state index is 0.0300. The monoisotopic (exact) mass is 308 g/mol. The number of aromatic carboxylic acids is 1. The first-order valence-electron chi connectivity index (χ1n) is 6.36. The van der Waals surface area contributed by atoms with Crippen molar-refractivity contribution in [3.8, 4) is 0 Å². The number of hydrogen-bond acceptors (Lipinski definition) is 4. The lowest BCUT2D eigenvalue weighted by Gasteiger charge is -2.27. The number of halogens is 2. The molecule has 0 aliphatic carbocycles. The van der Waals surface area contributed by atoms with Crippen LogP contribution in [-0.4, -0.2) is 43.4 Å². The van der Waals surface area contributed by atoms with Crippen molar-refractivity contribution in [3.05, 3.63) is 46.8 Å². The smallest absolute Gasteiger partial charge is 0.358 e. The van der Waals surface area contributed by atoms with Crippen LogP contribution in [0.5, 0.6) is 0 Å². The first kappa shape index (κ1) is 14.1. The zero-order valence-corrected chi connectivity index (χ0v) is 11.2. The van der Waals surface area contributed by atoms with Crippen LogP contribution < -0.4 is 0 Å². The van der Waals surface area contributed by atoms with Gasteiger partial charge in [0.05, 0.1) is 6.54 Å². The second-order valence-corrected chi connectivity index (χ2v) is 4.82. The van der Waals surface area contributed by atoms with Crippen LogP contribution in [0.25, 0.3) is 0 Å². The standard InChI is InChI=1S/C13H10F2N4O3/c14-8-3-7(4-9(15)5-8)6-18-1-2-19-11(12(18)20)10(13(21)22)16-17-19/h3-5H,1-2,6H2,(H,21,22). The van der Waals surface area contributed by atoms with Crippen molar-refractivity contribution < 1.29 is 23.5 Å². The molecule has 22 heavy (non-hydrogen) atoms. The van der Waals surface area contributed by atoms with Gasteiger partial charge in [0.1, 0.15) is 11.6 Å². The average molecular weight is 308 g/mol. The van der Waals surface area contributed by atoms with Crippen molar-refractivity contribution in [2.45, 2.75) is 13.1 Å². The lowest BCUT2D eigenvalue weighted by Crippen LogP contribution is -2.40. The molecule has 1 aromatic carbocycles. The SMILES string of the molecule is O=C(O)c1nnn2c1C(=O)N(Cc1cc(F)cc(F)c1)CC2. The van der Waals surface area contributed by atoms with Crippen molar-refractivity contribution in [1.82, 2.24) is 19.9 Å². The molecule has 0 saturated carbocycles. The van der Waals surface area contributed by atoms with Crippen LogP contribution in [0.15, 0.2) is 18.2 Å². The summed E-state index contributed by atoms with van der Waals surface area (Å²) in [6, 6.07) is 2.99. The molecule has 9 heteroatoms. The Morgan fingerprint density at radius 3 is 2.55 bits per heavy atom. The molecule has 2 aromatic rings. The molecule has 0 spiro atoms. The number of carbonyl (C=O) groups excluding carboxylic acids is 1. The van der Waals surface area contributed by atoms with Crippen LogP contribution in [0.2, 0.25) is 0 Å². The third kappa shape index (κ3) is 2.41. The van der Waals surface area contributed by atoms with Crippen LogP contribution in [0.3, 0.4) is 0 Å². The number of fused-ring (bicyclic) bond motifs is 1. The summed E-state index contributed by atoms with van der Waals surface area (Å²) in [5.41, 5.74) is -0.278. The minimum Gasteiger partial charge on any atom is -0.476 e. The molecular weight excluding hydrogens is 298 g/mol. The fourth-order valence-electron chi connectivity index (χ4n) is 2.37. The van der Waals surface area contributed by atoms with E-state index in [9.17, 15) is 18.4 Å². The van der Waals surface area contributed by atoms with E-state index in [2.05, 4.69) is 10.3 Å². The molecule has 0 unspecified atom stereocenters. The Kier molecular flexibility index (Phi) is 3.32. The van der Waals surface area contributed by atoms with Gasteiger partial charge in [-0.05, 0) is 17.7 Å². The Morgan fingerprint density at radius 2 is 1.91 bits per heavy atom. The summed E-state index contributed by atoms with van der Waals surface area (Å²) in [6.07, 6.45) is 0. The zero-order chi connectivity index (χ0) is 15.9. The maximum Gasteiger partial charge on any atom is 0.358 e. The molecule has 0 bridgehead atoms. The summed E-state index contributed by atoms with van der Waals surface area (Å²) < 4.78 is 27.6. The molecule has 1 aromatic heterocycles. The van der Waals surface area contributed by atoms with Gasteiger partial charge in [0.2, 0.25) is 5.69 Å². The largest absolute Gasteiger partial charge is 0.476 e. The van der Waals surface area contributed by atoms with E-state index in [-0.39, 0.29) is 30.9 Å². The van der Waals surface area contributed by atoms with E-state index in [1.165, 1.54) is 9.58 Å². The summed E-state index contributed by atoms with van der Waals surface area (Å²) in [7, 11) is 0. The number of nitrogens with zero attached hydrogens (tertiary/aromatic N) is 4. The predicted octanol–water partition coefficient (Wildman–Crippen LogP) is 0.910. The molecule has 1 N–H and O–H groups in total. The van der Waals surface area contributed by atoms with Gasteiger partial charge >= 0.3 is 5.97 Å². The van der Waals surface area contributed by atoms with E-state index in [0.29, 0.717) is 0 Å². The molecule has 1 amide bonds. The molecule has 1 aliphatic rings. The summed E-state index contributed by atoms with van der Waals surface area (Å²) in [5, 5.41) is 16.1. The lowest BCUT2D eigenvalue weighted by molar-refractivity contribution is 0.0641.